The van der Waals surface area contributed by atoms with Gasteiger partial charge in [-0.15, -0.1) is 0 Å². The lowest BCUT2D eigenvalue weighted by atomic mass is 10.2. The van der Waals surface area contributed by atoms with Crippen LogP contribution < -0.4 is 14.8 Å². The van der Waals surface area contributed by atoms with E-state index < -0.39 is 5.25 Å². The van der Waals surface area contributed by atoms with Crippen LogP contribution in [0.1, 0.15) is 18.9 Å². The van der Waals surface area contributed by atoms with Crippen molar-refractivity contribution in [3.8, 4) is 11.5 Å². The van der Waals surface area contributed by atoms with Crippen LogP contribution in [0.15, 0.2) is 77.8 Å². The van der Waals surface area contributed by atoms with Crippen LogP contribution in [0.2, 0.25) is 5.02 Å². The Balaban J connectivity index is 1.55. The topological polar surface area (TPSA) is 80.2 Å². The van der Waals surface area contributed by atoms with Crippen LogP contribution in [0.4, 0.5) is 11.4 Å². The highest BCUT2D eigenvalue weighted by molar-refractivity contribution is 8.15. The summed E-state index contributed by atoms with van der Waals surface area (Å²) in [5.41, 5.74) is 2.15. The van der Waals surface area contributed by atoms with Crippen LogP contribution in [0.25, 0.3) is 0 Å². The van der Waals surface area contributed by atoms with Gasteiger partial charge >= 0.3 is 0 Å². The first-order chi connectivity index (χ1) is 17.4. The Kier molecular flexibility index (Phi) is 8.51. The lowest BCUT2D eigenvalue weighted by Crippen LogP contribution is -2.44. The molecule has 7 nitrogen and oxygen atoms in total. The molecule has 1 heterocycles. The third-order valence-corrected chi connectivity index (χ3v) is 6.82. The molecule has 36 heavy (non-hydrogen) atoms. The van der Waals surface area contributed by atoms with E-state index in [1.165, 1.54) is 11.8 Å². The maximum Gasteiger partial charge on any atom is 0.238 e. The maximum atomic E-state index is 13.3. The van der Waals surface area contributed by atoms with Crippen LogP contribution in [-0.4, -0.2) is 40.8 Å². The molecule has 0 saturated carbocycles. The zero-order valence-corrected chi connectivity index (χ0v) is 21.5. The van der Waals surface area contributed by atoms with E-state index in [9.17, 15) is 9.59 Å². The number of methoxy groups -OCH3 is 1. The largest absolute Gasteiger partial charge is 0.497 e. The van der Waals surface area contributed by atoms with Gasteiger partial charge in [-0.1, -0.05) is 41.6 Å². The lowest BCUT2D eigenvalue weighted by molar-refractivity contribution is -0.129. The third-order valence-electron chi connectivity index (χ3n) is 5.40. The minimum Gasteiger partial charge on any atom is -0.497 e. The number of nitrogens with one attached hydrogen (secondary N) is 1. The molecule has 0 bridgehead atoms. The summed E-state index contributed by atoms with van der Waals surface area (Å²) >= 11 is 7.40. The second-order valence-electron chi connectivity index (χ2n) is 7.96. The highest BCUT2D eigenvalue weighted by atomic mass is 35.5. The number of hydrogen-bond acceptors (Lipinski definition) is 6. The predicted molar refractivity (Wildman–Crippen MR) is 144 cm³/mol. The van der Waals surface area contributed by atoms with Gasteiger partial charge < -0.3 is 14.8 Å². The smallest absolute Gasteiger partial charge is 0.238 e. The number of halogens is 1. The Hall–Kier alpha value is -3.49. The highest BCUT2D eigenvalue weighted by Crippen LogP contribution is 2.32. The zero-order valence-electron chi connectivity index (χ0n) is 19.9. The number of amides is 2. The molecule has 1 N–H and O–H groups in total. The maximum absolute atomic E-state index is 13.3. The molecule has 1 saturated heterocycles. The average Bonchev–Trinajstić information content (AvgIpc) is 2.87. The summed E-state index contributed by atoms with van der Waals surface area (Å²) in [5, 5.41) is 3.24. The SMILES string of the molecule is CCOc1ccc(NC(=O)C2CC(=O)N(Cc3ccc(OC)cc3)C(=Nc3cccc(Cl)c3)S2)cc1. The van der Waals surface area contributed by atoms with Crippen LogP contribution >= 0.6 is 23.4 Å². The van der Waals surface area contributed by atoms with Crippen LogP contribution in [0, 0.1) is 0 Å². The minimum atomic E-state index is -0.630. The summed E-state index contributed by atoms with van der Waals surface area (Å²) in [5.74, 6) is 1.01. The average molecular weight is 524 g/mol. The van der Waals surface area contributed by atoms with Crippen molar-refractivity contribution in [2.75, 3.05) is 19.0 Å². The van der Waals surface area contributed by atoms with Crippen molar-refractivity contribution < 1.29 is 19.1 Å². The number of hydrogen-bond donors (Lipinski definition) is 1. The van der Waals surface area contributed by atoms with Gasteiger partial charge in [0.05, 0.1) is 25.9 Å². The number of thioether (sulfide) groups is 1. The summed E-state index contributed by atoms with van der Waals surface area (Å²) in [6.07, 6.45) is 0.0538. The predicted octanol–water partition coefficient (Wildman–Crippen LogP) is 5.91. The normalized spacial score (nSPS) is 16.6. The Morgan fingerprint density at radius 2 is 1.83 bits per heavy atom. The molecule has 3 aromatic rings. The number of nitrogens with zero attached hydrogens (tertiary/aromatic N) is 2. The molecular formula is C27H26ClN3O4S. The van der Waals surface area contributed by atoms with Gasteiger partial charge in [-0.05, 0) is 67.1 Å². The Bertz CT molecular complexity index is 1250. The van der Waals surface area contributed by atoms with E-state index in [1.807, 2.05) is 31.2 Å². The van der Waals surface area contributed by atoms with Gasteiger partial charge in [-0.25, -0.2) is 4.99 Å². The molecule has 2 amide bonds. The molecule has 3 aromatic carbocycles. The molecule has 4 rings (SSSR count). The summed E-state index contributed by atoms with van der Waals surface area (Å²) in [6.45, 7) is 2.80. The number of carbonyl (C=O) groups is 2. The summed E-state index contributed by atoms with van der Waals surface area (Å²) < 4.78 is 10.7. The van der Waals surface area contributed by atoms with Crippen molar-refractivity contribution in [1.82, 2.24) is 4.90 Å². The number of carbonyl (C=O) groups excluding carboxylic acids is 2. The first-order valence-corrected chi connectivity index (χ1v) is 12.7. The molecule has 0 radical (unpaired) electrons. The number of benzene rings is 3. The number of rotatable bonds is 8. The zero-order chi connectivity index (χ0) is 25.5. The van der Waals surface area contributed by atoms with E-state index in [0.29, 0.717) is 34.7 Å². The van der Waals surface area contributed by atoms with Gasteiger partial charge in [0.1, 0.15) is 16.7 Å². The molecule has 1 fully saturated rings. The van der Waals surface area contributed by atoms with Crippen LogP contribution in [0.3, 0.4) is 0 Å². The molecule has 0 aliphatic carbocycles. The van der Waals surface area contributed by atoms with E-state index >= 15 is 0 Å². The fourth-order valence-electron chi connectivity index (χ4n) is 3.59. The molecule has 0 aromatic heterocycles. The molecule has 0 spiro atoms. The quantitative estimate of drug-likeness (QED) is 0.397. The lowest BCUT2D eigenvalue weighted by Gasteiger charge is -2.32. The van der Waals surface area contributed by atoms with Crippen molar-refractivity contribution >= 4 is 51.7 Å². The van der Waals surface area contributed by atoms with Gasteiger partial charge in [-0.3, -0.25) is 14.5 Å². The number of aliphatic imine (C=N–C) groups is 1. The van der Waals surface area contributed by atoms with Gasteiger partial charge in [0.15, 0.2) is 5.17 Å². The van der Waals surface area contributed by atoms with E-state index in [4.69, 9.17) is 26.1 Å². The second-order valence-corrected chi connectivity index (χ2v) is 9.57. The number of ether oxygens (including phenoxy) is 2. The molecule has 1 unspecified atom stereocenters. The summed E-state index contributed by atoms with van der Waals surface area (Å²) in [7, 11) is 1.61. The molecule has 186 valence electrons. The van der Waals surface area contributed by atoms with Gasteiger partial charge in [-0.2, -0.15) is 0 Å². The van der Waals surface area contributed by atoms with Crippen molar-refractivity contribution in [3.05, 3.63) is 83.4 Å². The molecule has 1 aliphatic heterocycles. The molecular weight excluding hydrogens is 498 g/mol. The van der Waals surface area contributed by atoms with E-state index in [-0.39, 0.29) is 18.2 Å². The van der Waals surface area contributed by atoms with E-state index in [0.717, 1.165) is 17.1 Å². The first kappa shape index (κ1) is 25.6. The summed E-state index contributed by atoms with van der Waals surface area (Å²) in [6, 6.07) is 21.7. The van der Waals surface area contributed by atoms with Gasteiger partial charge in [0.2, 0.25) is 11.8 Å². The monoisotopic (exact) mass is 523 g/mol. The van der Waals surface area contributed by atoms with Crippen molar-refractivity contribution in [2.24, 2.45) is 4.99 Å². The number of anilines is 1. The second kappa shape index (κ2) is 12.0. The summed E-state index contributed by atoms with van der Waals surface area (Å²) in [4.78, 5) is 32.6. The van der Waals surface area contributed by atoms with Gasteiger partial charge in [0, 0.05) is 17.1 Å². The first-order valence-electron chi connectivity index (χ1n) is 11.4. The van der Waals surface area contributed by atoms with Crippen molar-refractivity contribution in [3.63, 3.8) is 0 Å². The standard InChI is InChI=1S/C27H26ClN3O4S/c1-3-35-23-13-9-20(10-14-23)29-26(33)24-16-25(32)31(17-18-7-11-22(34-2)12-8-18)27(36-24)30-21-6-4-5-19(28)15-21/h4-15,24H,3,16-17H2,1-2H3,(H,29,33). The van der Waals surface area contributed by atoms with Gasteiger partial charge in [0.25, 0.3) is 0 Å². The molecule has 9 heteroatoms. The fraction of sp³-hybridized carbons (Fsp3) is 0.222. The Labute approximate surface area is 219 Å². The fourth-order valence-corrected chi connectivity index (χ4v) is 4.87. The van der Waals surface area contributed by atoms with Crippen LogP contribution in [-0.2, 0) is 16.1 Å². The van der Waals surface area contributed by atoms with Crippen LogP contribution in [0.5, 0.6) is 11.5 Å². The van der Waals surface area contributed by atoms with E-state index in [1.54, 1.807) is 60.5 Å². The number of amidine groups is 1. The van der Waals surface area contributed by atoms with Crippen molar-refractivity contribution in [2.45, 2.75) is 25.1 Å². The Morgan fingerprint density at radius 3 is 2.50 bits per heavy atom. The Morgan fingerprint density at radius 1 is 1.11 bits per heavy atom. The van der Waals surface area contributed by atoms with E-state index in [2.05, 4.69) is 5.32 Å². The molecule has 1 atom stereocenters. The third kappa shape index (κ3) is 6.59. The minimum absolute atomic E-state index is 0.0538. The highest BCUT2D eigenvalue weighted by Gasteiger charge is 2.36. The van der Waals surface area contributed by atoms with Crippen molar-refractivity contribution in [1.29, 1.82) is 0 Å². The molecule has 1 aliphatic rings.